The summed E-state index contributed by atoms with van der Waals surface area (Å²) in [6, 6.07) is 3.76. The second-order valence-electron chi connectivity index (χ2n) is 3.48. The summed E-state index contributed by atoms with van der Waals surface area (Å²) >= 11 is 5.89. The molecule has 2 aromatic heterocycles. The normalized spacial score (nSPS) is 10.7. The monoisotopic (exact) mass is 237 g/mol. The van der Waals surface area contributed by atoms with Gasteiger partial charge in [-0.3, -0.25) is 0 Å². The first-order chi connectivity index (χ1) is 7.76. The van der Waals surface area contributed by atoms with Crippen LogP contribution in [0, 0.1) is 6.92 Å². The van der Waals surface area contributed by atoms with Crippen molar-refractivity contribution in [3.8, 4) is 11.4 Å². The van der Waals surface area contributed by atoms with E-state index in [9.17, 15) is 0 Å². The number of rotatable bonds is 3. The van der Waals surface area contributed by atoms with E-state index in [1.165, 1.54) is 0 Å². The third kappa shape index (κ3) is 1.93. The molecule has 16 heavy (non-hydrogen) atoms. The van der Waals surface area contributed by atoms with Gasteiger partial charge in [0.1, 0.15) is 17.1 Å². The average Bonchev–Trinajstić information content (AvgIpc) is 2.72. The first kappa shape index (κ1) is 11.1. The lowest BCUT2D eigenvalue weighted by molar-refractivity contribution is 0.387. The Morgan fingerprint density at radius 3 is 2.69 bits per heavy atom. The van der Waals surface area contributed by atoms with E-state index in [0.717, 1.165) is 23.4 Å². The summed E-state index contributed by atoms with van der Waals surface area (Å²) in [4.78, 5) is 0. The maximum absolute atomic E-state index is 5.89. The lowest BCUT2D eigenvalue weighted by atomic mass is 10.1. The number of aryl methyl sites for hydroxylation is 2. The van der Waals surface area contributed by atoms with Gasteiger partial charge in [-0.2, -0.15) is 5.10 Å². The topological polar surface area (TPSA) is 51.8 Å². The van der Waals surface area contributed by atoms with Crippen LogP contribution in [0.2, 0.25) is 0 Å². The Bertz CT molecular complexity index is 478. The molecular formula is C11H12ClN3O. The Morgan fingerprint density at radius 2 is 2.12 bits per heavy atom. The predicted octanol–water partition coefficient (Wildman–Crippen LogP) is 2.74. The van der Waals surface area contributed by atoms with Gasteiger partial charge in [-0.15, -0.1) is 16.7 Å². The van der Waals surface area contributed by atoms with E-state index in [0.29, 0.717) is 17.3 Å². The third-order valence-corrected chi connectivity index (χ3v) is 2.63. The highest BCUT2D eigenvalue weighted by molar-refractivity contribution is 6.17. The summed E-state index contributed by atoms with van der Waals surface area (Å²) in [7, 11) is 0. The van der Waals surface area contributed by atoms with Gasteiger partial charge >= 0.3 is 0 Å². The molecule has 84 valence electrons. The fourth-order valence-electron chi connectivity index (χ4n) is 1.49. The highest BCUT2D eigenvalue weighted by Gasteiger charge is 2.16. The molecular weight excluding hydrogens is 226 g/mol. The number of hydrogen-bond acceptors (Lipinski definition) is 4. The maximum atomic E-state index is 5.89. The van der Waals surface area contributed by atoms with E-state index in [2.05, 4.69) is 15.4 Å². The Labute approximate surface area is 98.6 Å². The van der Waals surface area contributed by atoms with Gasteiger partial charge in [0.25, 0.3) is 0 Å². The zero-order valence-corrected chi connectivity index (χ0v) is 9.95. The molecule has 0 bridgehead atoms. The summed E-state index contributed by atoms with van der Waals surface area (Å²) in [5.74, 6) is 1.18. The zero-order valence-electron chi connectivity index (χ0n) is 9.20. The van der Waals surface area contributed by atoms with Gasteiger partial charge in [-0.25, -0.2) is 0 Å². The minimum Gasteiger partial charge on any atom is -0.360 e. The first-order valence-corrected chi connectivity index (χ1v) is 5.63. The van der Waals surface area contributed by atoms with Gasteiger partial charge in [0.15, 0.2) is 0 Å². The zero-order chi connectivity index (χ0) is 11.5. The molecule has 0 amide bonds. The van der Waals surface area contributed by atoms with Crippen molar-refractivity contribution in [3.05, 3.63) is 29.2 Å². The molecule has 0 fully saturated rings. The van der Waals surface area contributed by atoms with E-state index in [4.69, 9.17) is 16.1 Å². The molecule has 0 saturated carbocycles. The van der Waals surface area contributed by atoms with Crippen LogP contribution in [0.3, 0.4) is 0 Å². The lowest BCUT2D eigenvalue weighted by Crippen LogP contribution is -1.93. The molecule has 0 aromatic carbocycles. The van der Waals surface area contributed by atoms with Crippen molar-refractivity contribution in [3.63, 3.8) is 0 Å². The van der Waals surface area contributed by atoms with E-state index >= 15 is 0 Å². The van der Waals surface area contributed by atoms with Crippen molar-refractivity contribution in [1.29, 1.82) is 0 Å². The molecule has 0 aliphatic carbocycles. The van der Waals surface area contributed by atoms with Crippen LogP contribution in [-0.4, -0.2) is 15.4 Å². The molecule has 0 N–H and O–H groups in total. The minimum absolute atomic E-state index is 0.373. The number of halogens is 1. The standard InChI is InChI=1S/C11H12ClN3O/c1-3-10-8(6-12)11(15-16-10)9-5-4-7(2)13-14-9/h4-5H,3,6H2,1-2H3. The predicted molar refractivity (Wildman–Crippen MR) is 61.2 cm³/mol. The van der Waals surface area contributed by atoms with Gasteiger partial charge in [-0.1, -0.05) is 12.1 Å². The van der Waals surface area contributed by atoms with Gasteiger partial charge in [0.05, 0.1) is 11.6 Å². The fraction of sp³-hybridized carbons (Fsp3) is 0.364. The maximum Gasteiger partial charge on any atom is 0.141 e. The van der Waals surface area contributed by atoms with Gasteiger partial charge in [0.2, 0.25) is 0 Å². The van der Waals surface area contributed by atoms with Gasteiger partial charge < -0.3 is 4.52 Å². The van der Waals surface area contributed by atoms with Crippen molar-refractivity contribution < 1.29 is 4.52 Å². The first-order valence-electron chi connectivity index (χ1n) is 5.10. The van der Waals surface area contributed by atoms with Crippen molar-refractivity contribution in [2.75, 3.05) is 0 Å². The third-order valence-electron chi connectivity index (χ3n) is 2.36. The van der Waals surface area contributed by atoms with Crippen molar-refractivity contribution in [1.82, 2.24) is 15.4 Å². The van der Waals surface area contributed by atoms with Crippen LogP contribution < -0.4 is 0 Å². The number of nitrogens with zero attached hydrogens (tertiary/aromatic N) is 3. The quantitative estimate of drug-likeness (QED) is 0.771. The van der Waals surface area contributed by atoms with Crippen molar-refractivity contribution >= 4 is 11.6 Å². The van der Waals surface area contributed by atoms with Crippen LogP contribution in [0.15, 0.2) is 16.7 Å². The fourth-order valence-corrected chi connectivity index (χ4v) is 1.76. The van der Waals surface area contributed by atoms with Crippen molar-refractivity contribution in [2.24, 2.45) is 0 Å². The van der Waals surface area contributed by atoms with Gasteiger partial charge in [-0.05, 0) is 19.1 Å². The molecule has 0 saturated heterocycles. The number of aromatic nitrogens is 3. The molecule has 5 heteroatoms. The molecule has 2 heterocycles. The molecule has 0 radical (unpaired) electrons. The van der Waals surface area contributed by atoms with Crippen molar-refractivity contribution in [2.45, 2.75) is 26.1 Å². The second-order valence-corrected chi connectivity index (χ2v) is 3.75. The summed E-state index contributed by atoms with van der Waals surface area (Å²) in [6.45, 7) is 3.89. The van der Waals surface area contributed by atoms with Crippen LogP contribution in [0.1, 0.15) is 23.9 Å². The molecule has 4 nitrogen and oxygen atoms in total. The average molecular weight is 238 g/mol. The molecule has 0 atom stereocenters. The smallest absolute Gasteiger partial charge is 0.141 e. The Hall–Kier alpha value is -1.42. The minimum atomic E-state index is 0.373. The highest BCUT2D eigenvalue weighted by atomic mass is 35.5. The molecule has 0 spiro atoms. The molecule has 2 rings (SSSR count). The van der Waals surface area contributed by atoms with Crippen LogP contribution in [0.25, 0.3) is 11.4 Å². The summed E-state index contributed by atoms with van der Waals surface area (Å²) in [5.41, 5.74) is 3.17. The van der Waals surface area contributed by atoms with E-state index in [1.807, 2.05) is 26.0 Å². The Morgan fingerprint density at radius 1 is 1.31 bits per heavy atom. The van der Waals surface area contributed by atoms with E-state index < -0.39 is 0 Å². The van der Waals surface area contributed by atoms with Crippen LogP contribution >= 0.6 is 11.6 Å². The van der Waals surface area contributed by atoms with E-state index in [-0.39, 0.29) is 0 Å². The van der Waals surface area contributed by atoms with Gasteiger partial charge in [0, 0.05) is 12.0 Å². The largest absolute Gasteiger partial charge is 0.360 e. The lowest BCUT2D eigenvalue weighted by Gasteiger charge is -1.98. The molecule has 0 aliphatic heterocycles. The van der Waals surface area contributed by atoms with E-state index in [1.54, 1.807) is 0 Å². The van der Waals surface area contributed by atoms with Crippen LogP contribution in [0.4, 0.5) is 0 Å². The molecule has 0 aliphatic rings. The second kappa shape index (κ2) is 4.61. The molecule has 2 aromatic rings. The SMILES string of the molecule is CCc1onc(-c2ccc(C)nn2)c1CCl. The molecule has 0 unspecified atom stereocenters. The summed E-state index contributed by atoms with van der Waals surface area (Å²) in [6.07, 6.45) is 0.772. The Kier molecular flexibility index (Phi) is 3.19. The number of hydrogen-bond donors (Lipinski definition) is 0. The van der Waals surface area contributed by atoms with Crippen LogP contribution in [0.5, 0.6) is 0 Å². The number of alkyl halides is 1. The summed E-state index contributed by atoms with van der Waals surface area (Å²) < 4.78 is 5.22. The Balaban J connectivity index is 2.47. The summed E-state index contributed by atoms with van der Waals surface area (Å²) in [5, 5.41) is 12.1. The van der Waals surface area contributed by atoms with Crippen LogP contribution in [-0.2, 0) is 12.3 Å². The highest BCUT2D eigenvalue weighted by Crippen LogP contribution is 2.25.